The van der Waals surface area contributed by atoms with Gasteiger partial charge in [0, 0.05) is 6.07 Å². The first kappa shape index (κ1) is 14.7. The monoisotopic (exact) mass is 303 g/mol. The summed E-state index contributed by atoms with van der Waals surface area (Å²) >= 11 is 1.27. The summed E-state index contributed by atoms with van der Waals surface area (Å²) in [5.41, 5.74) is 6.76. The number of carbonyl (C=O) groups is 1. The van der Waals surface area contributed by atoms with Gasteiger partial charge < -0.3 is 20.5 Å². The Balaban J connectivity index is 2.37. The molecule has 0 fully saturated rings. The number of rotatable bonds is 4. The molecule has 108 valence electrons. The zero-order valence-electron chi connectivity index (χ0n) is 11.5. The highest BCUT2D eigenvalue weighted by Gasteiger charge is 2.17. The predicted molar refractivity (Wildman–Crippen MR) is 80.9 cm³/mol. The fourth-order valence-corrected chi connectivity index (χ4v) is 2.47. The number of nitrogens with zero attached hydrogens (tertiary/aromatic N) is 1. The molecule has 2 rings (SSSR count). The zero-order valence-corrected chi connectivity index (χ0v) is 12.3. The number of nitrogens with one attached hydrogen (secondary N) is 1. The number of methoxy groups -OCH3 is 2. The first-order valence-corrected chi connectivity index (χ1v) is 6.79. The maximum Gasteiger partial charge on any atom is 0.258 e. The average molecular weight is 303 g/mol. The molecule has 0 bridgehead atoms. The van der Waals surface area contributed by atoms with Crippen LogP contribution in [-0.4, -0.2) is 20.1 Å². The number of hydrogen-bond donors (Lipinski definition) is 2. The van der Waals surface area contributed by atoms with Crippen molar-refractivity contribution in [2.45, 2.75) is 0 Å². The van der Waals surface area contributed by atoms with Crippen LogP contribution in [0.25, 0.3) is 0 Å². The van der Waals surface area contributed by atoms with Gasteiger partial charge in [-0.1, -0.05) is 0 Å². The number of nitrogens with two attached hydrogens (primary N) is 1. The normalized spacial score (nSPS) is 9.76. The maximum absolute atomic E-state index is 12.3. The molecule has 1 aromatic carbocycles. The van der Waals surface area contributed by atoms with E-state index in [0.29, 0.717) is 22.1 Å². The Morgan fingerprint density at radius 3 is 2.76 bits per heavy atom. The lowest BCUT2D eigenvalue weighted by Gasteiger charge is -2.12. The van der Waals surface area contributed by atoms with Crippen LogP contribution in [0.15, 0.2) is 23.6 Å². The Bertz CT molecular complexity index is 719. The lowest BCUT2D eigenvalue weighted by Crippen LogP contribution is -2.14. The molecule has 7 heteroatoms. The number of carbonyl (C=O) groups excluding carboxylic acids is 1. The van der Waals surface area contributed by atoms with Crippen molar-refractivity contribution in [2.24, 2.45) is 0 Å². The minimum atomic E-state index is -0.427. The lowest BCUT2D eigenvalue weighted by molar-refractivity contribution is 0.102. The van der Waals surface area contributed by atoms with Crippen LogP contribution in [0, 0.1) is 11.3 Å². The highest BCUT2D eigenvalue weighted by atomic mass is 32.1. The fourth-order valence-electron chi connectivity index (χ4n) is 1.74. The molecular formula is C14H13N3O3S. The van der Waals surface area contributed by atoms with Gasteiger partial charge in [-0.2, -0.15) is 5.26 Å². The molecule has 3 N–H and O–H groups in total. The van der Waals surface area contributed by atoms with Gasteiger partial charge in [-0.3, -0.25) is 4.79 Å². The Morgan fingerprint density at radius 2 is 2.14 bits per heavy atom. The van der Waals surface area contributed by atoms with Gasteiger partial charge >= 0.3 is 0 Å². The highest BCUT2D eigenvalue weighted by molar-refractivity contribution is 7.14. The minimum absolute atomic E-state index is 0.214. The van der Waals surface area contributed by atoms with Gasteiger partial charge in [0.05, 0.1) is 31.0 Å². The number of hydrogen-bond acceptors (Lipinski definition) is 6. The first-order chi connectivity index (χ1) is 10.1. The van der Waals surface area contributed by atoms with Gasteiger partial charge in [-0.25, -0.2) is 0 Å². The number of ether oxygens (including phenoxy) is 2. The van der Waals surface area contributed by atoms with Gasteiger partial charge in [0.25, 0.3) is 5.91 Å². The molecule has 1 heterocycles. The first-order valence-electron chi connectivity index (χ1n) is 5.91. The summed E-state index contributed by atoms with van der Waals surface area (Å²) in [6, 6.07) is 6.76. The largest absolute Gasteiger partial charge is 0.497 e. The van der Waals surface area contributed by atoms with Crippen molar-refractivity contribution in [3.05, 3.63) is 34.7 Å². The summed E-state index contributed by atoms with van der Waals surface area (Å²) in [7, 11) is 2.94. The number of nitriles is 1. The summed E-state index contributed by atoms with van der Waals surface area (Å²) in [5.74, 6) is 0.382. The van der Waals surface area contributed by atoms with E-state index >= 15 is 0 Å². The molecular weight excluding hydrogens is 290 g/mol. The molecule has 2 aromatic rings. The maximum atomic E-state index is 12.3. The van der Waals surface area contributed by atoms with E-state index < -0.39 is 5.91 Å². The SMILES string of the molecule is COc1cc(OC)c(N)c(C(=O)Nc2sccc2C#N)c1. The van der Waals surface area contributed by atoms with Crippen molar-refractivity contribution in [3.63, 3.8) is 0 Å². The number of anilines is 2. The highest BCUT2D eigenvalue weighted by Crippen LogP contribution is 2.32. The van der Waals surface area contributed by atoms with Crippen molar-refractivity contribution in [2.75, 3.05) is 25.3 Å². The average Bonchev–Trinajstić information content (AvgIpc) is 2.94. The third kappa shape index (κ3) is 2.90. The Kier molecular flexibility index (Phi) is 4.30. The van der Waals surface area contributed by atoms with E-state index in [1.165, 1.54) is 31.6 Å². The molecule has 0 saturated carbocycles. The van der Waals surface area contributed by atoms with E-state index in [1.54, 1.807) is 17.5 Å². The molecule has 0 aliphatic carbocycles. The molecule has 0 saturated heterocycles. The van der Waals surface area contributed by atoms with Crippen LogP contribution in [0.2, 0.25) is 0 Å². The molecule has 1 aromatic heterocycles. The smallest absolute Gasteiger partial charge is 0.258 e. The number of amides is 1. The molecule has 21 heavy (non-hydrogen) atoms. The zero-order chi connectivity index (χ0) is 15.4. The van der Waals surface area contributed by atoms with E-state index in [0.717, 1.165) is 0 Å². The Morgan fingerprint density at radius 1 is 1.38 bits per heavy atom. The second kappa shape index (κ2) is 6.15. The van der Waals surface area contributed by atoms with Crippen molar-refractivity contribution in [1.29, 1.82) is 5.26 Å². The summed E-state index contributed by atoms with van der Waals surface area (Å²) in [6.45, 7) is 0. The van der Waals surface area contributed by atoms with E-state index in [2.05, 4.69) is 5.32 Å². The van der Waals surface area contributed by atoms with Crippen LogP contribution < -0.4 is 20.5 Å². The number of nitrogen functional groups attached to an aromatic ring is 1. The molecule has 0 aliphatic rings. The second-order valence-corrected chi connectivity index (χ2v) is 4.94. The Labute approximate surface area is 125 Å². The van der Waals surface area contributed by atoms with Gasteiger partial charge in [-0.15, -0.1) is 11.3 Å². The van der Waals surface area contributed by atoms with Crippen LogP contribution in [0.4, 0.5) is 10.7 Å². The molecule has 1 amide bonds. The molecule has 0 spiro atoms. The summed E-state index contributed by atoms with van der Waals surface area (Å²) in [4.78, 5) is 12.3. The van der Waals surface area contributed by atoms with Crippen LogP contribution in [0.5, 0.6) is 11.5 Å². The van der Waals surface area contributed by atoms with Gasteiger partial charge in [-0.05, 0) is 17.5 Å². The molecule has 0 atom stereocenters. The fraction of sp³-hybridized carbons (Fsp3) is 0.143. The van der Waals surface area contributed by atoms with Crippen molar-refractivity contribution in [3.8, 4) is 17.6 Å². The summed E-state index contributed by atoms with van der Waals surface area (Å²) in [5, 5.41) is 13.8. The molecule has 0 aliphatic heterocycles. The summed E-state index contributed by atoms with van der Waals surface area (Å²) < 4.78 is 10.2. The van der Waals surface area contributed by atoms with E-state index in [4.69, 9.17) is 20.5 Å². The van der Waals surface area contributed by atoms with E-state index in [1.807, 2.05) is 6.07 Å². The number of benzene rings is 1. The van der Waals surface area contributed by atoms with Gasteiger partial charge in [0.2, 0.25) is 0 Å². The predicted octanol–water partition coefficient (Wildman–Crippen LogP) is 2.47. The van der Waals surface area contributed by atoms with Crippen molar-refractivity contribution in [1.82, 2.24) is 0 Å². The van der Waals surface area contributed by atoms with Crippen LogP contribution in [0.3, 0.4) is 0 Å². The number of thiophene rings is 1. The van der Waals surface area contributed by atoms with Crippen LogP contribution in [-0.2, 0) is 0 Å². The van der Waals surface area contributed by atoms with E-state index in [-0.39, 0.29) is 11.3 Å². The topological polar surface area (TPSA) is 97.4 Å². The third-order valence-electron chi connectivity index (χ3n) is 2.83. The van der Waals surface area contributed by atoms with Crippen LogP contribution >= 0.6 is 11.3 Å². The van der Waals surface area contributed by atoms with Crippen molar-refractivity contribution >= 4 is 27.9 Å². The van der Waals surface area contributed by atoms with Crippen LogP contribution in [0.1, 0.15) is 15.9 Å². The standard InChI is InChI=1S/C14H13N3O3S/c1-19-9-5-10(12(16)11(6-9)20-2)13(18)17-14-8(7-15)3-4-21-14/h3-6H,16H2,1-2H3,(H,17,18). The lowest BCUT2D eigenvalue weighted by atomic mass is 10.1. The van der Waals surface area contributed by atoms with Gasteiger partial charge in [0.15, 0.2) is 0 Å². The quantitative estimate of drug-likeness (QED) is 0.846. The molecule has 0 unspecified atom stereocenters. The minimum Gasteiger partial charge on any atom is -0.497 e. The molecule has 6 nitrogen and oxygen atoms in total. The van der Waals surface area contributed by atoms with Gasteiger partial charge in [0.1, 0.15) is 22.6 Å². The Hall–Kier alpha value is -2.72. The van der Waals surface area contributed by atoms with Crippen molar-refractivity contribution < 1.29 is 14.3 Å². The van der Waals surface area contributed by atoms with E-state index in [9.17, 15) is 4.79 Å². The second-order valence-electron chi connectivity index (χ2n) is 4.02. The summed E-state index contributed by atoms with van der Waals surface area (Å²) in [6.07, 6.45) is 0. The third-order valence-corrected chi connectivity index (χ3v) is 3.66. The molecule has 0 radical (unpaired) electrons.